The monoisotopic (exact) mass is 259 g/mol. The van der Waals surface area contributed by atoms with Gasteiger partial charge in [-0.25, -0.2) is 8.42 Å². The maximum Gasteiger partial charge on any atom is 0.154 e. The average molecular weight is 259 g/mol. The van der Waals surface area contributed by atoms with Gasteiger partial charge in [0.1, 0.15) is 0 Å². The molecule has 0 aromatic carbocycles. The van der Waals surface area contributed by atoms with E-state index in [1.807, 2.05) is 7.05 Å². The lowest BCUT2D eigenvalue weighted by Gasteiger charge is -2.55. The topological polar surface area (TPSA) is 46.2 Å². The molecule has 0 heterocycles. The molecule has 0 bridgehead atoms. The Kier molecular flexibility index (Phi) is 3.56. The molecule has 1 N–H and O–H groups in total. The summed E-state index contributed by atoms with van der Waals surface area (Å²) in [5, 5.41) is 3.08. The second-order valence-electron chi connectivity index (χ2n) is 6.25. The highest BCUT2D eigenvalue weighted by atomic mass is 32.2. The van der Waals surface area contributed by atoms with Crippen LogP contribution in [0.1, 0.15) is 51.4 Å². The van der Waals surface area contributed by atoms with Crippen molar-refractivity contribution in [1.82, 2.24) is 5.32 Å². The van der Waals surface area contributed by atoms with Gasteiger partial charge in [0.25, 0.3) is 0 Å². The third-order valence-corrected chi connectivity index (χ3v) is 6.85. The number of sulfone groups is 1. The minimum absolute atomic E-state index is 0.358. The van der Waals surface area contributed by atoms with Crippen LogP contribution in [0.2, 0.25) is 0 Å². The zero-order valence-corrected chi connectivity index (χ0v) is 11.9. The van der Waals surface area contributed by atoms with Gasteiger partial charge in [-0.3, -0.25) is 0 Å². The van der Waals surface area contributed by atoms with Crippen LogP contribution in [-0.4, -0.2) is 33.0 Å². The van der Waals surface area contributed by atoms with Gasteiger partial charge in [-0.05, 0) is 38.1 Å². The Labute approximate surface area is 105 Å². The Morgan fingerprint density at radius 1 is 1.06 bits per heavy atom. The SMILES string of the molecule is CNCC1(S(C)(=O)=O)CC2(CCCCCC2)C1. The summed E-state index contributed by atoms with van der Waals surface area (Å²) in [4.78, 5) is 0. The van der Waals surface area contributed by atoms with Crippen molar-refractivity contribution in [2.45, 2.75) is 56.1 Å². The maximum absolute atomic E-state index is 12.0. The predicted octanol–water partition coefficient (Wildman–Crippen LogP) is 2.12. The summed E-state index contributed by atoms with van der Waals surface area (Å²) in [5.41, 5.74) is 0.358. The predicted molar refractivity (Wildman–Crippen MR) is 70.9 cm³/mol. The molecule has 0 saturated heterocycles. The van der Waals surface area contributed by atoms with Gasteiger partial charge in [0, 0.05) is 12.8 Å². The van der Waals surface area contributed by atoms with Gasteiger partial charge in [-0.2, -0.15) is 0 Å². The fourth-order valence-corrected chi connectivity index (χ4v) is 5.53. The molecule has 0 unspecified atom stereocenters. The number of hydrogen-bond donors (Lipinski definition) is 1. The average Bonchev–Trinajstić information content (AvgIpc) is 2.40. The van der Waals surface area contributed by atoms with Crippen molar-refractivity contribution in [3.05, 3.63) is 0 Å². The molecule has 2 rings (SSSR count). The minimum atomic E-state index is -2.94. The first kappa shape index (κ1) is 13.3. The first-order chi connectivity index (χ1) is 7.93. The molecule has 0 atom stereocenters. The van der Waals surface area contributed by atoms with Crippen LogP contribution in [0.15, 0.2) is 0 Å². The zero-order valence-electron chi connectivity index (χ0n) is 11.1. The number of nitrogens with one attached hydrogen (secondary N) is 1. The fourth-order valence-electron chi connectivity index (χ4n) is 3.99. The van der Waals surface area contributed by atoms with Crippen LogP contribution in [0.25, 0.3) is 0 Å². The number of hydrogen-bond acceptors (Lipinski definition) is 3. The van der Waals surface area contributed by atoms with Crippen LogP contribution < -0.4 is 5.32 Å². The molecule has 0 aromatic heterocycles. The van der Waals surface area contributed by atoms with Crippen LogP contribution in [-0.2, 0) is 9.84 Å². The molecule has 3 nitrogen and oxygen atoms in total. The van der Waals surface area contributed by atoms with E-state index in [1.165, 1.54) is 44.8 Å². The Balaban J connectivity index is 2.11. The van der Waals surface area contributed by atoms with Crippen LogP contribution in [0.3, 0.4) is 0 Å². The molecule has 2 fully saturated rings. The standard InChI is InChI=1S/C13H25NO2S/c1-14-11-13(17(2,15)16)9-12(10-13)7-5-3-4-6-8-12/h14H,3-11H2,1-2H3. The van der Waals surface area contributed by atoms with Crippen molar-refractivity contribution in [1.29, 1.82) is 0 Å². The van der Waals surface area contributed by atoms with E-state index in [9.17, 15) is 8.42 Å². The zero-order chi connectivity index (χ0) is 12.6. The van der Waals surface area contributed by atoms with Gasteiger partial charge >= 0.3 is 0 Å². The summed E-state index contributed by atoms with van der Waals surface area (Å²) in [6.45, 7) is 0.619. The molecule has 2 aliphatic carbocycles. The lowest BCUT2D eigenvalue weighted by molar-refractivity contribution is 0.0568. The molecule has 1 spiro atoms. The minimum Gasteiger partial charge on any atom is -0.318 e. The number of rotatable bonds is 3. The molecular formula is C13H25NO2S. The Morgan fingerprint density at radius 2 is 1.59 bits per heavy atom. The first-order valence-electron chi connectivity index (χ1n) is 6.77. The van der Waals surface area contributed by atoms with Gasteiger partial charge in [0.15, 0.2) is 9.84 Å². The van der Waals surface area contributed by atoms with E-state index in [2.05, 4.69) is 5.32 Å². The Bertz CT molecular complexity index is 359. The van der Waals surface area contributed by atoms with E-state index < -0.39 is 14.6 Å². The van der Waals surface area contributed by atoms with Crippen LogP contribution in [0.5, 0.6) is 0 Å². The molecule has 17 heavy (non-hydrogen) atoms. The maximum atomic E-state index is 12.0. The van der Waals surface area contributed by atoms with Crippen molar-refractivity contribution in [3.8, 4) is 0 Å². The lowest BCUT2D eigenvalue weighted by atomic mass is 9.57. The smallest absolute Gasteiger partial charge is 0.154 e. The van der Waals surface area contributed by atoms with Gasteiger partial charge in [-0.15, -0.1) is 0 Å². The Morgan fingerprint density at radius 3 is 2.00 bits per heavy atom. The van der Waals surface area contributed by atoms with Crippen molar-refractivity contribution < 1.29 is 8.42 Å². The van der Waals surface area contributed by atoms with Crippen molar-refractivity contribution in [3.63, 3.8) is 0 Å². The van der Waals surface area contributed by atoms with Crippen LogP contribution in [0.4, 0.5) is 0 Å². The Hall–Kier alpha value is -0.0900. The van der Waals surface area contributed by atoms with Crippen molar-refractivity contribution in [2.24, 2.45) is 5.41 Å². The summed E-state index contributed by atoms with van der Waals surface area (Å²) in [5.74, 6) is 0. The molecule has 2 saturated carbocycles. The third-order valence-electron chi connectivity index (χ3n) is 4.84. The fraction of sp³-hybridized carbons (Fsp3) is 1.00. The molecule has 0 aromatic rings. The highest BCUT2D eigenvalue weighted by Crippen LogP contribution is 2.58. The molecule has 2 aliphatic rings. The highest BCUT2D eigenvalue weighted by Gasteiger charge is 2.58. The van der Waals surface area contributed by atoms with E-state index in [0.29, 0.717) is 12.0 Å². The van der Waals surface area contributed by atoms with E-state index >= 15 is 0 Å². The van der Waals surface area contributed by atoms with E-state index in [0.717, 1.165) is 12.8 Å². The summed E-state index contributed by atoms with van der Waals surface area (Å²) in [7, 11) is -1.09. The molecule has 0 amide bonds. The second-order valence-corrected chi connectivity index (χ2v) is 8.66. The highest BCUT2D eigenvalue weighted by molar-refractivity contribution is 7.92. The van der Waals surface area contributed by atoms with E-state index in [-0.39, 0.29) is 0 Å². The van der Waals surface area contributed by atoms with Crippen molar-refractivity contribution in [2.75, 3.05) is 19.8 Å². The quantitative estimate of drug-likeness (QED) is 0.844. The summed E-state index contributed by atoms with van der Waals surface area (Å²) >= 11 is 0. The lowest BCUT2D eigenvalue weighted by Crippen LogP contribution is -2.60. The van der Waals surface area contributed by atoms with Gasteiger partial charge < -0.3 is 5.32 Å². The summed E-state index contributed by atoms with van der Waals surface area (Å²) in [6, 6.07) is 0. The van der Waals surface area contributed by atoms with Crippen LogP contribution >= 0.6 is 0 Å². The van der Waals surface area contributed by atoms with Gasteiger partial charge in [-0.1, -0.05) is 25.7 Å². The summed E-state index contributed by atoms with van der Waals surface area (Å²) in [6.07, 6.45) is 10.9. The van der Waals surface area contributed by atoms with Gasteiger partial charge in [0.2, 0.25) is 0 Å². The molecule has 4 heteroatoms. The van der Waals surface area contributed by atoms with Gasteiger partial charge in [0.05, 0.1) is 4.75 Å². The second kappa shape index (κ2) is 4.54. The summed E-state index contributed by atoms with van der Waals surface area (Å²) < 4.78 is 23.5. The van der Waals surface area contributed by atoms with E-state index in [4.69, 9.17) is 0 Å². The van der Waals surface area contributed by atoms with E-state index in [1.54, 1.807) is 0 Å². The molecule has 0 aliphatic heterocycles. The van der Waals surface area contributed by atoms with Crippen LogP contribution in [0, 0.1) is 5.41 Å². The molecule has 100 valence electrons. The molecule has 0 radical (unpaired) electrons. The largest absolute Gasteiger partial charge is 0.318 e. The normalized spacial score (nSPS) is 27.4. The third kappa shape index (κ3) is 2.39. The first-order valence-corrected chi connectivity index (χ1v) is 8.67. The van der Waals surface area contributed by atoms with Crippen molar-refractivity contribution >= 4 is 9.84 Å². The molecular weight excluding hydrogens is 234 g/mol.